The highest BCUT2D eigenvalue weighted by Crippen LogP contribution is 1.87. The lowest BCUT2D eigenvalue weighted by atomic mass is 10.4. The number of nitrogens with zero attached hydrogens (tertiary/aromatic N) is 3. The smallest absolute Gasteiger partial charge is 0.346 e. The third-order valence-electron chi connectivity index (χ3n) is 2.29. The van der Waals surface area contributed by atoms with E-state index in [4.69, 9.17) is 0 Å². The molecule has 17 heavy (non-hydrogen) atoms. The minimum atomic E-state index is -0.430. The van der Waals surface area contributed by atoms with E-state index in [0.29, 0.717) is 12.6 Å². The van der Waals surface area contributed by atoms with E-state index >= 15 is 0 Å². The summed E-state index contributed by atoms with van der Waals surface area (Å²) in [6, 6.07) is 0.396. The summed E-state index contributed by atoms with van der Waals surface area (Å²) in [6.45, 7) is 5.40. The predicted molar refractivity (Wildman–Crippen MR) is 66.3 cm³/mol. The summed E-state index contributed by atoms with van der Waals surface area (Å²) >= 11 is 0. The van der Waals surface area contributed by atoms with Crippen molar-refractivity contribution in [2.24, 2.45) is 14.1 Å². The summed E-state index contributed by atoms with van der Waals surface area (Å²) in [6.07, 6.45) is 0. The van der Waals surface area contributed by atoms with Gasteiger partial charge in [-0.15, -0.1) is 5.10 Å². The summed E-state index contributed by atoms with van der Waals surface area (Å²) in [4.78, 5) is 23.1. The molecule has 0 radical (unpaired) electrons. The first-order valence-electron chi connectivity index (χ1n) is 5.55. The van der Waals surface area contributed by atoms with E-state index in [1.807, 2.05) is 13.8 Å². The molecule has 0 aliphatic rings. The van der Waals surface area contributed by atoms with Crippen molar-refractivity contribution in [3.63, 3.8) is 0 Å². The van der Waals surface area contributed by atoms with Crippen molar-refractivity contribution in [1.82, 2.24) is 19.7 Å². The van der Waals surface area contributed by atoms with E-state index in [2.05, 4.69) is 15.7 Å². The lowest BCUT2D eigenvalue weighted by Crippen LogP contribution is -2.40. The van der Waals surface area contributed by atoms with E-state index in [-0.39, 0.29) is 5.82 Å². The first-order chi connectivity index (χ1) is 7.93. The molecule has 1 heterocycles. The Morgan fingerprint density at radius 3 is 2.47 bits per heavy atom. The maximum absolute atomic E-state index is 11.7. The minimum Gasteiger partial charge on any atom is -0.363 e. The zero-order valence-electron chi connectivity index (χ0n) is 10.6. The molecule has 0 spiro atoms. The van der Waals surface area contributed by atoms with Crippen LogP contribution >= 0.6 is 0 Å². The fourth-order valence-corrected chi connectivity index (χ4v) is 1.35. The summed E-state index contributed by atoms with van der Waals surface area (Å²) in [5.74, 6) is 0.195. The Bertz CT molecular complexity index is 488. The SMILES string of the molecule is CC(C)NCCNc1nn(C)c(=O)n(C)c1=O. The van der Waals surface area contributed by atoms with E-state index in [1.165, 1.54) is 14.1 Å². The van der Waals surface area contributed by atoms with Crippen molar-refractivity contribution < 1.29 is 0 Å². The molecule has 0 aliphatic heterocycles. The van der Waals surface area contributed by atoms with Gasteiger partial charge in [0.05, 0.1) is 0 Å². The molecule has 0 aromatic carbocycles. The summed E-state index contributed by atoms with van der Waals surface area (Å²) < 4.78 is 2.17. The van der Waals surface area contributed by atoms with E-state index in [9.17, 15) is 9.59 Å². The monoisotopic (exact) mass is 241 g/mol. The topological polar surface area (TPSA) is 81.0 Å². The molecule has 0 fully saturated rings. The number of nitrogens with one attached hydrogen (secondary N) is 2. The van der Waals surface area contributed by atoms with Gasteiger partial charge in [-0.25, -0.2) is 9.48 Å². The Kier molecular flexibility index (Phi) is 4.45. The van der Waals surface area contributed by atoms with Crippen molar-refractivity contribution in [2.45, 2.75) is 19.9 Å². The van der Waals surface area contributed by atoms with Gasteiger partial charge in [-0.2, -0.15) is 0 Å². The zero-order chi connectivity index (χ0) is 13.0. The van der Waals surface area contributed by atoms with Gasteiger partial charge in [0.15, 0.2) is 0 Å². The van der Waals surface area contributed by atoms with Gasteiger partial charge in [-0.1, -0.05) is 13.8 Å². The number of hydrogen-bond donors (Lipinski definition) is 2. The molecule has 96 valence electrons. The third kappa shape index (κ3) is 3.42. The van der Waals surface area contributed by atoms with Gasteiger partial charge in [0.1, 0.15) is 0 Å². The number of aryl methyl sites for hydroxylation is 1. The van der Waals surface area contributed by atoms with Gasteiger partial charge < -0.3 is 10.6 Å². The van der Waals surface area contributed by atoms with Crippen molar-refractivity contribution >= 4 is 5.82 Å². The Morgan fingerprint density at radius 1 is 1.24 bits per heavy atom. The second-order valence-electron chi connectivity index (χ2n) is 4.15. The number of hydrogen-bond acceptors (Lipinski definition) is 5. The summed E-state index contributed by atoms with van der Waals surface area (Å²) in [7, 11) is 2.95. The summed E-state index contributed by atoms with van der Waals surface area (Å²) in [5.41, 5.74) is -0.835. The molecular formula is C10H19N5O2. The van der Waals surface area contributed by atoms with Crippen LogP contribution in [-0.4, -0.2) is 33.5 Å². The fourth-order valence-electron chi connectivity index (χ4n) is 1.35. The Balaban J connectivity index is 2.73. The first kappa shape index (κ1) is 13.4. The van der Waals surface area contributed by atoms with Crippen molar-refractivity contribution in [2.75, 3.05) is 18.4 Å². The standard InChI is InChI=1S/C10H19N5O2/c1-7(2)11-5-6-12-8-9(16)14(3)10(17)15(4)13-8/h7,11H,5-6H2,1-4H3,(H,12,13). The first-order valence-corrected chi connectivity index (χ1v) is 5.55. The second kappa shape index (κ2) is 5.62. The molecule has 0 unspecified atom stereocenters. The maximum Gasteiger partial charge on any atom is 0.346 e. The Labute approximate surface area is 99.5 Å². The highest BCUT2D eigenvalue weighted by Gasteiger charge is 2.07. The molecule has 1 aromatic heterocycles. The van der Waals surface area contributed by atoms with Crippen LogP contribution in [0, 0.1) is 0 Å². The summed E-state index contributed by atoms with van der Waals surface area (Å²) in [5, 5.41) is 10.0. The molecular weight excluding hydrogens is 222 g/mol. The van der Waals surface area contributed by atoms with Gasteiger partial charge in [0, 0.05) is 33.2 Å². The van der Waals surface area contributed by atoms with Crippen LogP contribution in [0.2, 0.25) is 0 Å². The maximum atomic E-state index is 11.7. The van der Waals surface area contributed by atoms with E-state index in [1.54, 1.807) is 0 Å². The molecule has 0 amide bonds. The minimum absolute atomic E-state index is 0.195. The van der Waals surface area contributed by atoms with Gasteiger partial charge in [-0.3, -0.25) is 9.36 Å². The van der Waals surface area contributed by atoms with Crippen molar-refractivity contribution in [1.29, 1.82) is 0 Å². The molecule has 0 atom stereocenters. The highest BCUT2D eigenvalue weighted by atomic mass is 16.2. The van der Waals surface area contributed by atoms with Gasteiger partial charge in [0.25, 0.3) is 5.56 Å². The number of anilines is 1. The van der Waals surface area contributed by atoms with Crippen LogP contribution < -0.4 is 21.9 Å². The van der Waals surface area contributed by atoms with Crippen LogP contribution in [0.1, 0.15) is 13.8 Å². The van der Waals surface area contributed by atoms with Crippen LogP contribution in [0.4, 0.5) is 5.82 Å². The molecule has 0 aliphatic carbocycles. The molecule has 2 N–H and O–H groups in total. The van der Waals surface area contributed by atoms with E-state index in [0.717, 1.165) is 15.8 Å². The molecule has 7 heteroatoms. The largest absolute Gasteiger partial charge is 0.363 e. The fraction of sp³-hybridized carbons (Fsp3) is 0.700. The normalized spacial score (nSPS) is 10.9. The molecule has 1 aromatic rings. The van der Waals surface area contributed by atoms with Crippen molar-refractivity contribution in [3.05, 3.63) is 20.8 Å². The quantitative estimate of drug-likeness (QED) is 0.639. The van der Waals surface area contributed by atoms with Crippen LogP contribution in [0.25, 0.3) is 0 Å². The molecule has 0 saturated heterocycles. The average Bonchev–Trinajstić information content (AvgIpc) is 2.27. The highest BCUT2D eigenvalue weighted by molar-refractivity contribution is 5.29. The zero-order valence-corrected chi connectivity index (χ0v) is 10.6. The average molecular weight is 241 g/mol. The van der Waals surface area contributed by atoms with E-state index < -0.39 is 11.2 Å². The molecule has 0 bridgehead atoms. The van der Waals surface area contributed by atoms with Gasteiger partial charge in [-0.05, 0) is 0 Å². The molecule has 7 nitrogen and oxygen atoms in total. The molecule has 0 saturated carbocycles. The van der Waals surface area contributed by atoms with Crippen LogP contribution in [0.5, 0.6) is 0 Å². The van der Waals surface area contributed by atoms with Crippen LogP contribution in [0.3, 0.4) is 0 Å². The van der Waals surface area contributed by atoms with Crippen molar-refractivity contribution in [3.8, 4) is 0 Å². The molecule has 1 rings (SSSR count). The van der Waals surface area contributed by atoms with Gasteiger partial charge >= 0.3 is 5.69 Å². The van der Waals surface area contributed by atoms with Crippen LogP contribution in [-0.2, 0) is 14.1 Å². The third-order valence-corrected chi connectivity index (χ3v) is 2.29. The second-order valence-corrected chi connectivity index (χ2v) is 4.15. The lowest BCUT2D eigenvalue weighted by molar-refractivity contribution is 0.589. The Morgan fingerprint density at radius 2 is 1.88 bits per heavy atom. The van der Waals surface area contributed by atoms with Crippen LogP contribution in [0.15, 0.2) is 9.59 Å². The number of rotatable bonds is 5. The predicted octanol–water partition coefficient (Wildman–Crippen LogP) is -1.11. The van der Waals surface area contributed by atoms with Gasteiger partial charge in [0.2, 0.25) is 5.82 Å². The lowest BCUT2D eigenvalue weighted by Gasteiger charge is -2.10. The Hall–Kier alpha value is -1.63. The number of aromatic nitrogens is 3.